The molecule has 0 aromatic carbocycles. The van der Waals surface area contributed by atoms with Crippen molar-refractivity contribution >= 4 is 22.9 Å². The second kappa shape index (κ2) is 7.44. The molecule has 0 fully saturated rings. The Kier molecular flexibility index (Phi) is 5.10. The Hall–Kier alpha value is -2.41. The highest BCUT2D eigenvalue weighted by Crippen LogP contribution is 2.09. The van der Waals surface area contributed by atoms with Gasteiger partial charge in [0.1, 0.15) is 5.65 Å². The summed E-state index contributed by atoms with van der Waals surface area (Å²) in [6, 6.07) is 6.11. The minimum absolute atomic E-state index is 0.636. The summed E-state index contributed by atoms with van der Waals surface area (Å²) in [5.41, 5.74) is 4.25. The summed E-state index contributed by atoms with van der Waals surface area (Å²) >= 11 is 1.68. The molecule has 0 bridgehead atoms. The fraction of sp³-hybridized carbons (Fsp3) is 0.353. The lowest BCUT2D eigenvalue weighted by Crippen LogP contribution is -2.37. The molecule has 0 amide bonds. The van der Waals surface area contributed by atoms with Crippen molar-refractivity contribution in [2.24, 2.45) is 4.99 Å². The highest BCUT2D eigenvalue weighted by Gasteiger charge is 2.05. The van der Waals surface area contributed by atoms with Crippen LogP contribution < -0.4 is 10.6 Å². The molecule has 6 nitrogen and oxygen atoms in total. The van der Waals surface area contributed by atoms with E-state index in [2.05, 4.69) is 54.6 Å². The van der Waals surface area contributed by atoms with Crippen LogP contribution in [0.25, 0.3) is 5.65 Å². The van der Waals surface area contributed by atoms with Crippen molar-refractivity contribution in [2.75, 3.05) is 13.6 Å². The van der Waals surface area contributed by atoms with Crippen LogP contribution in [0.1, 0.15) is 22.1 Å². The van der Waals surface area contributed by atoms with Gasteiger partial charge < -0.3 is 15.0 Å². The Morgan fingerprint density at radius 3 is 2.79 bits per heavy atom. The number of aliphatic imine (C=N–C) groups is 1. The van der Waals surface area contributed by atoms with Crippen molar-refractivity contribution in [3.05, 3.63) is 51.9 Å². The first kappa shape index (κ1) is 16.4. The molecule has 2 N–H and O–H groups in total. The number of imidazole rings is 1. The molecular formula is C17H22N6S. The maximum absolute atomic E-state index is 4.62. The molecule has 3 heterocycles. The maximum Gasteiger partial charge on any atom is 0.191 e. The Bertz CT molecular complexity index is 848. The van der Waals surface area contributed by atoms with E-state index >= 15 is 0 Å². The van der Waals surface area contributed by atoms with Crippen LogP contribution in [-0.2, 0) is 13.0 Å². The van der Waals surface area contributed by atoms with Crippen LogP contribution in [0.2, 0.25) is 0 Å². The lowest BCUT2D eigenvalue weighted by Gasteiger charge is -2.10. The van der Waals surface area contributed by atoms with E-state index in [1.807, 2.05) is 19.1 Å². The molecule has 0 atom stereocenters. The van der Waals surface area contributed by atoms with Crippen LogP contribution in [0.15, 0.2) is 34.8 Å². The summed E-state index contributed by atoms with van der Waals surface area (Å²) in [6.07, 6.45) is 2.95. The SMILES string of the molecule is CN=C(NCCc1csc(C)n1)NCc1cn2c(C)cccc2n1. The van der Waals surface area contributed by atoms with Gasteiger partial charge in [0.2, 0.25) is 0 Å². The number of aromatic nitrogens is 3. The second-order valence-electron chi connectivity index (χ2n) is 5.59. The van der Waals surface area contributed by atoms with Gasteiger partial charge in [0.25, 0.3) is 0 Å². The Morgan fingerprint density at radius 1 is 1.21 bits per heavy atom. The zero-order chi connectivity index (χ0) is 16.9. The average molecular weight is 342 g/mol. The van der Waals surface area contributed by atoms with Crippen molar-refractivity contribution < 1.29 is 0 Å². The number of aryl methyl sites for hydroxylation is 2. The van der Waals surface area contributed by atoms with Crippen LogP contribution in [0.3, 0.4) is 0 Å². The third-order valence-electron chi connectivity index (χ3n) is 3.75. The molecule has 7 heteroatoms. The summed E-state index contributed by atoms with van der Waals surface area (Å²) in [4.78, 5) is 13.3. The van der Waals surface area contributed by atoms with E-state index in [1.165, 1.54) is 5.69 Å². The molecule has 0 saturated carbocycles. The second-order valence-corrected chi connectivity index (χ2v) is 6.65. The number of guanidine groups is 1. The first-order chi connectivity index (χ1) is 11.7. The van der Waals surface area contributed by atoms with Gasteiger partial charge in [0.05, 0.1) is 22.9 Å². The smallest absolute Gasteiger partial charge is 0.191 e. The molecule has 3 rings (SSSR count). The first-order valence-electron chi connectivity index (χ1n) is 7.95. The molecule has 126 valence electrons. The van der Waals surface area contributed by atoms with Crippen LogP contribution in [0.5, 0.6) is 0 Å². The number of fused-ring (bicyclic) bond motifs is 1. The Labute approximate surface area is 145 Å². The monoisotopic (exact) mass is 342 g/mol. The summed E-state index contributed by atoms with van der Waals surface area (Å²) < 4.78 is 2.10. The van der Waals surface area contributed by atoms with Crippen LogP contribution >= 0.6 is 11.3 Å². The van der Waals surface area contributed by atoms with Gasteiger partial charge in [0.15, 0.2) is 5.96 Å². The molecule has 3 aromatic heterocycles. The Balaban J connectivity index is 1.52. The van der Waals surface area contributed by atoms with Crippen LogP contribution in [-0.4, -0.2) is 33.9 Å². The molecular weight excluding hydrogens is 320 g/mol. The van der Waals surface area contributed by atoms with Crippen molar-refractivity contribution in [1.29, 1.82) is 0 Å². The number of thiazole rings is 1. The highest BCUT2D eigenvalue weighted by molar-refractivity contribution is 7.09. The van der Waals surface area contributed by atoms with Crippen LogP contribution in [0.4, 0.5) is 0 Å². The van der Waals surface area contributed by atoms with E-state index in [9.17, 15) is 0 Å². The van der Waals surface area contributed by atoms with Crippen LogP contribution in [0, 0.1) is 13.8 Å². The van der Waals surface area contributed by atoms with E-state index in [4.69, 9.17) is 0 Å². The zero-order valence-electron chi connectivity index (χ0n) is 14.2. The molecule has 0 radical (unpaired) electrons. The average Bonchev–Trinajstić information content (AvgIpc) is 3.17. The molecule has 0 unspecified atom stereocenters. The predicted octanol–water partition coefficient (Wildman–Crippen LogP) is 2.32. The largest absolute Gasteiger partial charge is 0.356 e. The number of hydrogen-bond acceptors (Lipinski definition) is 4. The van der Waals surface area contributed by atoms with Crippen molar-refractivity contribution in [3.8, 4) is 0 Å². The van der Waals surface area contributed by atoms with Gasteiger partial charge in [-0.25, -0.2) is 9.97 Å². The van der Waals surface area contributed by atoms with Crippen molar-refractivity contribution in [3.63, 3.8) is 0 Å². The molecule has 0 aliphatic heterocycles. The molecule has 0 aliphatic carbocycles. The van der Waals surface area contributed by atoms with Gasteiger partial charge in [-0.1, -0.05) is 6.07 Å². The van der Waals surface area contributed by atoms with E-state index in [0.717, 1.165) is 41.0 Å². The minimum Gasteiger partial charge on any atom is -0.356 e. The zero-order valence-corrected chi connectivity index (χ0v) is 15.0. The van der Waals surface area contributed by atoms with Gasteiger partial charge in [0, 0.05) is 37.3 Å². The number of nitrogens with zero attached hydrogens (tertiary/aromatic N) is 4. The van der Waals surface area contributed by atoms with Gasteiger partial charge in [-0.3, -0.25) is 4.99 Å². The van der Waals surface area contributed by atoms with Gasteiger partial charge in [-0.15, -0.1) is 11.3 Å². The Morgan fingerprint density at radius 2 is 2.08 bits per heavy atom. The van der Waals surface area contributed by atoms with Gasteiger partial charge in [-0.05, 0) is 26.0 Å². The highest BCUT2D eigenvalue weighted by atomic mass is 32.1. The van der Waals surface area contributed by atoms with Gasteiger partial charge in [-0.2, -0.15) is 0 Å². The fourth-order valence-corrected chi connectivity index (χ4v) is 3.16. The predicted molar refractivity (Wildman–Crippen MR) is 98.7 cm³/mol. The van der Waals surface area contributed by atoms with E-state index in [-0.39, 0.29) is 0 Å². The standard InChI is InChI=1S/C17H22N6S/c1-12-5-4-6-16-22-15(10-23(12)16)9-20-17(18-3)19-8-7-14-11-24-13(2)21-14/h4-6,10-11H,7-9H2,1-3H3,(H2,18,19,20). The number of pyridine rings is 1. The van der Waals surface area contributed by atoms with Crippen molar-refractivity contribution in [1.82, 2.24) is 25.0 Å². The van der Waals surface area contributed by atoms with E-state index in [0.29, 0.717) is 6.54 Å². The lowest BCUT2D eigenvalue weighted by atomic mass is 10.3. The molecule has 0 spiro atoms. The molecule has 0 saturated heterocycles. The molecule has 0 aliphatic rings. The quantitative estimate of drug-likeness (QED) is 0.552. The normalized spacial score (nSPS) is 11.9. The third-order valence-corrected chi connectivity index (χ3v) is 4.57. The van der Waals surface area contributed by atoms with Crippen molar-refractivity contribution in [2.45, 2.75) is 26.8 Å². The summed E-state index contributed by atoms with van der Waals surface area (Å²) in [5.74, 6) is 0.774. The number of nitrogens with one attached hydrogen (secondary N) is 2. The van der Waals surface area contributed by atoms with E-state index in [1.54, 1.807) is 18.4 Å². The lowest BCUT2D eigenvalue weighted by molar-refractivity contribution is 0.779. The third kappa shape index (κ3) is 3.91. The summed E-state index contributed by atoms with van der Waals surface area (Å²) in [5, 5.41) is 9.82. The number of hydrogen-bond donors (Lipinski definition) is 2. The summed E-state index contributed by atoms with van der Waals surface area (Å²) in [6.45, 7) is 5.54. The molecule has 3 aromatic rings. The summed E-state index contributed by atoms with van der Waals surface area (Å²) in [7, 11) is 1.77. The maximum atomic E-state index is 4.62. The number of rotatable bonds is 5. The topological polar surface area (TPSA) is 66.6 Å². The first-order valence-corrected chi connectivity index (χ1v) is 8.83. The fourth-order valence-electron chi connectivity index (χ4n) is 2.51. The van der Waals surface area contributed by atoms with E-state index < -0.39 is 0 Å². The molecule has 24 heavy (non-hydrogen) atoms. The minimum atomic E-state index is 0.636. The van der Waals surface area contributed by atoms with Gasteiger partial charge >= 0.3 is 0 Å².